The van der Waals surface area contributed by atoms with E-state index in [1.807, 2.05) is 6.07 Å². The summed E-state index contributed by atoms with van der Waals surface area (Å²) in [6.45, 7) is 0. The lowest BCUT2D eigenvalue weighted by atomic mass is 10.5. The topological polar surface area (TPSA) is 46.9 Å². The Kier molecular flexibility index (Phi) is 1.60. The molecule has 1 saturated carbocycles. The molecule has 1 aliphatic carbocycles. The molecular weight excluding hydrogens is 154 g/mol. The quantitative estimate of drug-likeness (QED) is 0.698. The number of nitrogens with zero attached hydrogens (tertiary/aromatic N) is 2. The third kappa shape index (κ3) is 1.20. The van der Waals surface area contributed by atoms with E-state index in [0.29, 0.717) is 11.9 Å². The van der Waals surface area contributed by atoms with Crippen LogP contribution in [0, 0.1) is 0 Å². The molecule has 4 heteroatoms. The van der Waals surface area contributed by atoms with Crippen molar-refractivity contribution in [2.45, 2.75) is 18.9 Å². The summed E-state index contributed by atoms with van der Waals surface area (Å²) in [5, 5.41) is 2.83. The summed E-state index contributed by atoms with van der Waals surface area (Å²) >= 11 is 0. The highest BCUT2D eigenvalue weighted by Gasteiger charge is 2.24. The molecule has 0 radical (unpaired) electrons. The Labute approximate surface area is 70.2 Å². The van der Waals surface area contributed by atoms with Gasteiger partial charge in [-0.2, -0.15) is 4.98 Å². The largest absolute Gasteiger partial charge is 0.373 e. The molecule has 0 unspecified atom stereocenters. The minimum absolute atomic E-state index is 0.149. The summed E-state index contributed by atoms with van der Waals surface area (Å²) in [6.07, 6.45) is 4.03. The standard InChI is InChI=1S/C8H11N3O/c1-9-7-4-5-11(6-2-3-6)8(12)10-7/h4-6H,2-3H2,1H3,(H,9,10,12). The Morgan fingerprint density at radius 3 is 2.92 bits per heavy atom. The number of hydrogen-bond acceptors (Lipinski definition) is 3. The molecule has 1 heterocycles. The van der Waals surface area contributed by atoms with Gasteiger partial charge in [-0.3, -0.25) is 4.57 Å². The van der Waals surface area contributed by atoms with E-state index in [0.717, 1.165) is 12.8 Å². The molecule has 2 rings (SSSR count). The maximum absolute atomic E-state index is 11.3. The number of anilines is 1. The zero-order valence-electron chi connectivity index (χ0n) is 6.95. The molecule has 1 aromatic heterocycles. The molecule has 0 saturated heterocycles. The van der Waals surface area contributed by atoms with Gasteiger partial charge in [0.25, 0.3) is 0 Å². The molecule has 1 N–H and O–H groups in total. The molecule has 64 valence electrons. The minimum atomic E-state index is -0.149. The molecular formula is C8H11N3O. The SMILES string of the molecule is CNc1ccn(C2CC2)c(=O)n1. The third-order valence-corrected chi connectivity index (χ3v) is 2.03. The molecule has 0 atom stereocenters. The van der Waals surface area contributed by atoms with E-state index in [1.165, 1.54) is 0 Å². The fraction of sp³-hybridized carbons (Fsp3) is 0.500. The Morgan fingerprint density at radius 1 is 1.67 bits per heavy atom. The zero-order valence-corrected chi connectivity index (χ0v) is 6.95. The molecule has 12 heavy (non-hydrogen) atoms. The first-order valence-electron chi connectivity index (χ1n) is 4.08. The van der Waals surface area contributed by atoms with Gasteiger partial charge >= 0.3 is 5.69 Å². The second kappa shape index (κ2) is 2.62. The predicted octanol–water partition coefficient (Wildman–Crippen LogP) is 0.620. The van der Waals surface area contributed by atoms with E-state index < -0.39 is 0 Å². The molecule has 0 spiro atoms. The first kappa shape index (κ1) is 7.34. The van der Waals surface area contributed by atoms with E-state index in [2.05, 4.69) is 10.3 Å². The van der Waals surface area contributed by atoms with Gasteiger partial charge in [-0.1, -0.05) is 0 Å². The summed E-state index contributed by atoms with van der Waals surface area (Å²) in [7, 11) is 1.75. The monoisotopic (exact) mass is 165 g/mol. The maximum Gasteiger partial charge on any atom is 0.349 e. The van der Waals surface area contributed by atoms with Crippen LogP contribution >= 0.6 is 0 Å². The normalized spacial score (nSPS) is 16.1. The van der Waals surface area contributed by atoms with Crippen LogP contribution in [-0.4, -0.2) is 16.6 Å². The summed E-state index contributed by atoms with van der Waals surface area (Å²) in [5.74, 6) is 0.636. The second-order valence-corrected chi connectivity index (χ2v) is 2.98. The van der Waals surface area contributed by atoms with Crippen LogP contribution in [0.1, 0.15) is 18.9 Å². The van der Waals surface area contributed by atoms with Crippen LogP contribution in [0.4, 0.5) is 5.82 Å². The van der Waals surface area contributed by atoms with E-state index in [1.54, 1.807) is 17.8 Å². The van der Waals surface area contributed by atoms with Gasteiger partial charge in [0.05, 0.1) is 0 Å². The van der Waals surface area contributed by atoms with Crippen LogP contribution in [-0.2, 0) is 0 Å². The Balaban J connectivity index is 2.39. The average molecular weight is 165 g/mol. The molecule has 1 aromatic rings. The van der Waals surface area contributed by atoms with Gasteiger partial charge in [0, 0.05) is 19.3 Å². The molecule has 0 amide bonds. The molecule has 1 aliphatic rings. The number of hydrogen-bond donors (Lipinski definition) is 1. The van der Waals surface area contributed by atoms with Crippen molar-refractivity contribution in [1.82, 2.24) is 9.55 Å². The fourth-order valence-electron chi connectivity index (χ4n) is 1.18. The van der Waals surface area contributed by atoms with Gasteiger partial charge in [0.2, 0.25) is 0 Å². The van der Waals surface area contributed by atoms with Gasteiger partial charge < -0.3 is 5.32 Å². The first-order chi connectivity index (χ1) is 5.81. The summed E-state index contributed by atoms with van der Waals surface area (Å²) in [6, 6.07) is 2.23. The molecule has 1 fully saturated rings. The first-order valence-corrected chi connectivity index (χ1v) is 4.08. The van der Waals surface area contributed by atoms with Crippen LogP contribution in [0.5, 0.6) is 0 Å². The highest BCUT2D eigenvalue weighted by atomic mass is 16.1. The Morgan fingerprint density at radius 2 is 2.42 bits per heavy atom. The third-order valence-electron chi connectivity index (χ3n) is 2.03. The summed E-state index contributed by atoms with van der Waals surface area (Å²) in [4.78, 5) is 15.1. The van der Waals surface area contributed by atoms with Crippen LogP contribution in [0.2, 0.25) is 0 Å². The highest BCUT2D eigenvalue weighted by Crippen LogP contribution is 2.32. The lowest BCUT2D eigenvalue weighted by Gasteiger charge is -2.02. The second-order valence-electron chi connectivity index (χ2n) is 2.98. The molecule has 0 bridgehead atoms. The minimum Gasteiger partial charge on any atom is -0.373 e. The van der Waals surface area contributed by atoms with Crippen molar-refractivity contribution in [3.05, 3.63) is 22.7 Å². The van der Waals surface area contributed by atoms with Crippen molar-refractivity contribution >= 4 is 5.82 Å². The molecule has 0 aliphatic heterocycles. The van der Waals surface area contributed by atoms with E-state index in [9.17, 15) is 4.79 Å². The van der Waals surface area contributed by atoms with Crippen LogP contribution in [0.15, 0.2) is 17.1 Å². The van der Waals surface area contributed by atoms with Crippen molar-refractivity contribution < 1.29 is 0 Å². The average Bonchev–Trinajstić information content (AvgIpc) is 2.87. The van der Waals surface area contributed by atoms with Gasteiger partial charge in [-0.05, 0) is 18.9 Å². The van der Waals surface area contributed by atoms with Crippen molar-refractivity contribution in [3.63, 3.8) is 0 Å². The van der Waals surface area contributed by atoms with E-state index in [4.69, 9.17) is 0 Å². The van der Waals surface area contributed by atoms with Crippen molar-refractivity contribution in [2.75, 3.05) is 12.4 Å². The summed E-state index contributed by atoms with van der Waals surface area (Å²) in [5.41, 5.74) is -0.149. The Bertz CT molecular complexity index is 340. The number of rotatable bonds is 2. The zero-order chi connectivity index (χ0) is 8.55. The van der Waals surface area contributed by atoms with E-state index >= 15 is 0 Å². The van der Waals surface area contributed by atoms with Crippen LogP contribution < -0.4 is 11.0 Å². The highest BCUT2D eigenvalue weighted by molar-refractivity contribution is 5.30. The van der Waals surface area contributed by atoms with Crippen LogP contribution in [0.25, 0.3) is 0 Å². The molecule has 0 aromatic carbocycles. The van der Waals surface area contributed by atoms with Gasteiger partial charge in [0.15, 0.2) is 0 Å². The molecule has 4 nitrogen and oxygen atoms in total. The lowest BCUT2D eigenvalue weighted by molar-refractivity contribution is 0.682. The number of nitrogens with one attached hydrogen (secondary N) is 1. The predicted molar refractivity (Wildman–Crippen MR) is 46.3 cm³/mol. The number of aromatic nitrogens is 2. The lowest BCUT2D eigenvalue weighted by Crippen LogP contribution is -2.21. The van der Waals surface area contributed by atoms with E-state index in [-0.39, 0.29) is 5.69 Å². The maximum atomic E-state index is 11.3. The summed E-state index contributed by atoms with van der Waals surface area (Å²) < 4.78 is 1.70. The van der Waals surface area contributed by atoms with Gasteiger partial charge in [-0.25, -0.2) is 4.79 Å². The van der Waals surface area contributed by atoms with Gasteiger partial charge in [-0.15, -0.1) is 0 Å². The van der Waals surface area contributed by atoms with Crippen molar-refractivity contribution in [1.29, 1.82) is 0 Å². The van der Waals surface area contributed by atoms with Crippen LogP contribution in [0.3, 0.4) is 0 Å². The van der Waals surface area contributed by atoms with Crippen molar-refractivity contribution in [3.8, 4) is 0 Å². The van der Waals surface area contributed by atoms with Crippen molar-refractivity contribution in [2.24, 2.45) is 0 Å². The fourth-order valence-corrected chi connectivity index (χ4v) is 1.18. The van der Waals surface area contributed by atoms with Gasteiger partial charge in [0.1, 0.15) is 5.82 Å². The Hall–Kier alpha value is -1.32. The smallest absolute Gasteiger partial charge is 0.349 e.